The third-order valence-electron chi connectivity index (χ3n) is 3.57. The van der Waals surface area contributed by atoms with Crippen molar-refractivity contribution in [2.75, 3.05) is 13.1 Å². The van der Waals surface area contributed by atoms with Crippen LogP contribution >= 0.6 is 15.9 Å². The molecule has 1 aromatic rings. The van der Waals surface area contributed by atoms with Crippen LogP contribution in [0.5, 0.6) is 0 Å². The summed E-state index contributed by atoms with van der Waals surface area (Å²) >= 11 is 3.58. The van der Waals surface area contributed by atoms with Gasteiger partial charge in [-0.25, -0.2) is 0 Å². The molecule has 2 rings (SSSR count). The number of benzene rings is 1. The molecular formula is C15H21BrN2O. The van der Waals surface area contributed by atoms with Crippen molar-refractivity contribution in [1.29, 1.82) is 0 Å². The number of halogens is 1. The number of nitrogens with one attached hydrogen (secondary N) is 1. The first-order valence-electron chi connectivity index (χ1n) is 6.86. The van der Waals surface area contributed by atoms with Crippen molar-refractivity contribution in [1.82, 2.24) is 10.2 Å². The highest BCUT2D eigenvalue weighted by molar-refractivity contribution is 9.10. The predicted molar refractivity (Wildman–Crippen MR) is 81.0 cm³/mol. The molecule has 0 aliphatic carbocycles. The van der Waals surface area contributed by atoms with Gasteiger partial charge in [0.25, 0.3) is 0 Å². The molecule has 1 aliphatic heterocycles. The molecule has 19 heavy (non-hydrogen) atoms. The summed E-state index contributed by atoms with van der Waals surface area (Å²) in [4.78, 5) is 13.6. The fraction of sp³-hybridized carbons (Fsp3) is 0.533. The maximum absolute atomic E-state index is 11.6. The SMILES string of the molecule is CC(CN1CCCC1=O)NC(C)c1ccccc1Br. The van der Waals surface area contributed by atoms with E-state index < -0.39 is 0 Å². The Balaban J connectivity index is 1.90. The fourth-order valence-corrected chi connectivity index (χ4v) is 3.25. The average Bonchev–Trinajstić information content (AvgIpc) is 2.75. The number of rotatable bonds is 5. The summed E-state index contributed by atoms with van der Waals surface area (Å²) in [5.74, 6) is 0.294. The minimum absolute atomic E-state index is 0.267. The first-order chi connectivity index (χ1) is 9.08. The second-order valence-electron chi connectivity index (χ2n) is 5.25. The summed E-state index contributed by atoms with van der Waals surface area (Å²) in [7, 11) is 0. The second kappa shape index (κ2) is 6.53. The number of hydrogen-bond donors (Lipinski definition) is 1. The lowest BCUT2D eigenvalue weighted by Gasteiger charge is -2.25. The van der Waals surface area contributed by atoms with Gasteiger partial charge in [0.05, 0.1) is 0 Å². The molecule has 0 radical (unpaired) electrons. The molecule has 1 saturated heterocycles. The molecule has 2 atom stereocenters. The summed E-state index contributed by atoms with van der Waals surface area (Å²) in [6, 6.07) is 8.81. The van der Waals surface area contributed by atoms with E-state index in [1.165, 1.54) is 5.56 Å². The van der Waals surface area contributed by atoms with E-state index in [-0.39, 0.29) is 6.04 Å². The zero-order chi connectivity index (χ0) is 13.8. The third kappa shape index (κ3) is 3.80. The zero-order valence-corrected chi connectivity index (χ0v) is 13.1. The normalized spacial score (nSPS) is 18.7. The number of hydrogen-bond acceptors (Lipinski definition) is 2. The molecule has 4 heteroatoms. The van der Waals surface area contributed by atoms with Gasteiger partial charge in [0, 0.05) is 36.1 Å². The van der Waals surface area contributed by atoms with Gasteiger partial charge in [-0.2, -0.15) is 0 Å². The van der Waals surface area contributed by atoms with Crippen molar-refractivity contribution in [3.8, 4) is 0 Å². The molecule has 1 aromatic carbocycles. The molecule has 2 unspecified atom stereocenters. The highest BCUT2D eigenvalue weighted by Crippen LogP contribution is 2.23. The number of nitrogens with zero attached hydrogens (tertiary/aromatic N) is 1. The lowest BCUT2D eigenvalue weighted by molar-refractivity contribution is -0.127. The van der Waals surface area contributed by atoms with Gasteiger partial charge in [0.15, 0.2) is 0 Å². The van der Waals surface area contributed by atoms with Crippen LogP contribution in [0, 0.1) is 0 Å². The van der Waals surface area contributed by atoms with Crippen LogP contribution in [0.25, 0.3) is 0 Å². The van der Waals surface area contributed by atoms with Crippen molar-refractivity contribution in [2.45, 2.75) is 38.8 Å². The lowest BCUT2D eigenvalue weighted by Crippen LogP contribution is -2.40. The Morgan fingerprint density at radius 3 is 2.74 bits per heavy atom. The maximum Gasteiger partial charge on any atom is 0.222 e. The molecule has 1 heterocycles. The largest absolute Gasteiger partial charge is 0.341 e. The summed E-state index contributed by atoms with van der Waals surface area (Å²) in [6.07, 6.45) is 1.72. The van der Waals surface area contributed by atoms with Crippen molar-refractivity contribution in [3.63, 3.8) is 0 Å². The molecule has 3 nitrogen and oxygen atoms in total. The van der Waals surface area contributed by atoms with Crippen molar-refractivity contribution in [3.05, 3.63) is 34.3 Å². The van der Waals surface area contributed by atoms with Crippen LogP contribution in [0.15, 0.2) is 28.7 Å². The summed E-state index contributed by atoms with van der Waals surface area (Å²) < 4.78 is 1.12. The van der Waals surface area contributed by atoms with Gasteiger partial charge < -0.3 is 10.2 Å². The Morgan fingerprint density at radius 1 is 1.37 bits per heavy atom. The number of carbonyl (C=O) groups is 1. The Morgan fingerprint density at radius 2 is 2.11 bits per heavy atom. The standard InChI is InChI=1S/C15H21BrN2O/c1-11(10-18-9-5-8-15(18)19)17-12(2)13-6-3-4-7-14(13)16/h3-4,6-7,11-12,17H,5,8-10H2,1-2H3. The molecule has 1 aliphatic rings. The van der Waals surface area contributed by atoms with Crippen LogP contribution in [0.4, 0.5) is 0 Å². The summed E-state index contributed by atoms with van der Waals surface area (Å²) in [5.41, 5.74) is 1.25. The predicted octanol–water partition coefficient (Wildman–Crippen LogP) is 3.11. The molecule has 1 fully saturated rings. The van der Waals surface area contributed by atoms with Crippen LogP contribution in [0.1, 0.15) is 38.3 Å². The quantitative estimate of drug-likeness (QED) is 0.902. The molecule has 104 valence electrons. The molecule has 0 spiro atoms. The van der Waals surface area contributed by atoms with Gasteiger partial charge in [-0.05, 0) is 31.9 Å². The van der Waals surface area contributed by atoms with Crippen LogP contribution in [-0.2, 0) is 4.79 Å². The number of amides is 1. The van der Waals surface area contributed by atoms with Gasteiger partial charge in [0.1, 0.15) is 0 Å². The molecule has 0 saturated carbocycles. The van der Waals surface area contributed by atoms with E-state index in [0.29, 0.717) is 18.4 Å². The van der Waals surface area contributed by atoms with E-state index >= 15 is 0 Å². The molecule has 1 N–H and O–H groups in total. The first kappa shape index (κ1) is 14.5. The monoisotopic (exact) mass is 324 g/mol. The van der Waals surface area contributed by atoms with Crippen LogP contribution in [0.3, 0.4) is 0 Å². The zero-order valence-electron chi connectivity index (χ0n) is 11.5. The highest BCUT2D eigenvalue weighted by Gasteiger charge is 2.22. The van der Waals surface area contributed by atoms with E-state index in [1.54, 1.807) is 0 Å². The average molecular weight is 325 g/mol. The Kier molecular flexibility index (Phi) is 4.99. The molecule has 0 aromatic heterocycles. The Hall–Kier alpha value is -0.870. The van der Waals surface area contributed by atoms with Gasteiger partial charge >= 0.3 is 0 Å². The topological polar surface area (TPSA) is 32.3 Å². The minimum atomic E-state index is 0.267. The van der Waals surface area contributed by atoms with E-state index in [0.717, 1.165) is 24.0 Å². The lowest BCUT2D eigenvalue weighted by atomic mass is 10.1. The van der Waals surface area contributed by atoms with E-state index in [4.69, 9.17) is 0 Å². The fourth-order valence-electron chi connectivity index (χ4n) is 2.62. The Labute approximate surface area is 123 Å². The van der Waals surface area contributed by atoms with Gasteiger partial charge in [-0.1, -0.05) is 34.1 Å². The summed E-state index contributed by atoms with van der Waals surface area (Å²) in [6.45, 7) is 6.00. The van der Waals surface area contributed by atoms with Gasteiger partial charge in [0.2, 0.25) is 5.91 Å². The molecule has 1 amide bonds. The van der Waals surface area contributed by atoms with E-state index in [2.05, 4.69) is 47.2 Å². The van der Waals surface area contributed by atoms with Crippen LogP contribution < -0.4 is 5.32 Å². The van der Waals surface area contributed by atoms with Crippen LogP contribution in [-0.4, -0.2) is 29.9 Å². The maximum atomic E-state index is 11.6. The van der Waals surface area contributed by atoms with Crippen molar-refractivity contribution >= 4 is 21.8 Å². The number of carbonyl (C=O) groups excluding carboxylic acids is 1. The smallest absolute Gasteiger partial charge is 0.222 e. The van der Waals surface area contributed by atoms with Gasteiger partial charge in [-0.3, -0.25) is 4.79 Å². The molecule has 0 bridgehead atoms. The van der Waals surface area contributed by atoms with E-state index in [1.807, 2.05) is 17.0 Å². The van der Waals surface area contributed by atoms with Crippen LogP contribution in [0.2, 0.25) is 0 Å². The second-order valence-corrected chi connectivity index (χ2v) is 6.11. The van der Waals surface area contributed by atoms with E-state index in [9.17, 15) is 4.79 Å². The Bertz CT molecular complexity index is 450. The molecular weight excluding hydrogens is 304 g/mol. The van der Waals surface area contributed by atoms with Gasteiger partial charge in [-0.15, -0.1) is 0 Å². The highest BCUT2D eigenvalue weighted by atomic mass is 79.9. The van der Waals surface area contributed by atoms with Crippen molar-refractivity contribution < 1.29 is 4.79 Å². The first-order valence-corrected chi connectivity index (χ1v) is 7.65. The van der Waals surface area contributed by atoms with Crippen molar-refractivity contribution in [2.24, 2.45) is 0 Å². The summed E-state index contributed by atoms with van der Waals surface area (Å²) in [5, 5.41) is 3.56. The third-order valence-corrected chi connectivity index (χ3v) is 4.29. The minimum Gasteiger partial charge on any atom is -0.341 e. The number of likely N-dealkylation sites (tertiary alicyclic amines) is 1.